The number of carbonyl (C=O) groups is 2. The lowest BCUT2D eigenvalue weighted by atomic mass is 10.1. The molecule has 106 valence electrons. The molecule has 1 aliphatic rings. The third-order valence-corrected chi connectivity index (χ3v) is 3.68. The highest BCUT2D eigenvalue weighted by Gasteiger charge is 2.37. The van der Waals surface area contributed by atoms with Gasteiger partial charge in [0.05, 0.1) is 11.3 Å². The van der Waals surface area contributed by atoms with Crippen LogP contribution >= 0.6 is 15.9 Å². The van der Waals surface area contributed by atoms with Gasteiger partial charge < -0.3 is 10.2 Å². The van der Waals surface area contributed by atoms with Gasteiger partial charge in [-0.15, -0.1) is 0 Å². The predicted octanol–water partition coefficient (Wildman–Crippen LogP) is 2.45. The molecule has 0 bridgehead atoms. The molecular formula is C15H17BrN2O2. The molecular weight excluding hydrogens is 320 g/mol. The largest absolute Gasteiger partial charge is 0.313 e. The molecule has 1 aromatic rings. The second kappa shape index (κ2) is 5.89. The van der Waals surface area contributed by atoms with Crippen LogP contribution in [0.25, 0.3) is 0 Å². The summed E-state index contributed by atoms with van der Waals surface area (Å²) in [5.41, 5.74) is 2.96. The fourth-order valence-corrected chi connectivity index (χ4v) is 2.91. The van der Waals surface area contributed by atoms with E-state index in [1.165, 1.54) is 4.90 Å². The molecule has 2 rings (SSSR count). The van der Waals surface area contributed by atoms with Crippen molar-refractivity contribution in [2.75, 3.05) is 24.5 Å². The van der Waals surface area contributed by atoms with E-state index in [1.54, 1.807) is 6.07 Å². The number of anilines is 1. The van der Waals surface area contributed by atoms with Crippen molar-refractivity contribution in [3.63, 3.8) is 0 Å². The first kappa shape index (κ1) is 14.9. The highest BCUT2D eigenvalue weighted by Crippen LogP contribution is 2.35. The number of hydrogen-bond acceptors (Lipinski definition) is 3. The third kappa shape index (κ3) is 2.69. The molecule has 0 unspecified atom stereocenters. The highest BCUT2D eigenvalue weighted by molar-refractivity contribution is 9.10. The number of halogens is 1. The average Bonchev–Trinajstić information content (AvgIpc) is 2.62. The normalized spacial score (nSPS) is 13.8. The van der Waals surface area contributed by atoms with E-state index in [9.17, 15) is 9.59 Å². The van der Waals surface area contributed by atoms with Crippen LogP contribution in [0.4, 0.5) is 5.69 Å². The minimum atomic E-state index is -0.473. The number of likely N-dealkylation sites (N-methyl/N-ethyl adjacent to an activating group) is 1. The van der Waals surface area contributed by atoms with Crippen LogP contribution in [0, 0.1) is 6.92 Å². The molecule has 0 fully saturated rings. The van der Waals surface area contributed by atoms with Crippen molar-refractivity contribution in [1.82, 2.24) is 5.32 Å². The maximum Gasteiger partial charge on any atom is 0.299 e. The zero-order valence-corrected chi connectivity index (χ0v) is 13.2. The maximum atomic E-state index is 12.1. The van der Waals surface area contributed by atoms with Gasteiger partial charge in [0.15, 0.2) is 0 Å². The molecule has 0 saturated heterocycles. The number of fused-ring (bicyclic) bond motifs is 1. The molecule has 0 aromatic heterocycles. The summed E-state index contributed by atoms with van der Waals surface area (Å²) in [4.78, 5) is 25.7. The van der Waals surface area contributed by atoms with E-state index >= 15 is 0 Å². The van der Waals surface area contributed by atoms with Crippen molar-refractivity contribution in [2.24, 2.45) is 0 Å². The molecule has 20 heavy (non-hydrogen) atoms. The summed E-state index contributed by atoms with van der Waals surface area (Å²) in [5, 5.41) is 3.17. The summed E-state index contributed by atoms with van der Waals surface area (Å²) in [5.74, 6) is -0.917. The molecule has 0 radical (unpaired) electrons. The molecule has 1 aliphatic heterocycles. The smallest absolute Gasteiger partial charge is 0.299 e. The molecule has 0 atom stereocenters. The number of ketones is 1. The molecule has 0 spiro atoms. The summed E-state index contributed by atoms with van der Waals surface area (Å²) in [6.07, 6.45) is 0. The van der Waals surface area contributed by atoms with E-state index in [0.29, 0.717) is 24.3 Å². The Morgan fingerprint density at radius 2 is 2.10 bits per heavy atom. The van der Waals surface area contributed by atoms with Crippen LogP contribution in [0.15, 0.2) is 28.8 Å². The highest BCUT2D eigenvalue weighted by atomic mass is 79.9. The minimum Gasteiger partial charge on any atom is -0.313 e. The lowest BCUT2D eigenvalue weighted by molar-refractivity contribution is -0.114. The first-order valence-electron chi connectivity index (χ1n) is 6.49. The van der Waals surface area contributed by atoms with Crippen LogP contribution in [0.3, 0.4) is 0 Å². The van der Waals surface area contributed by atoms with E-state index in [2.05, 4.69) is 27.8 Å². The number of aryl methyl sites for hydroxylation is 1. The second-order valence-corrected chi connectivity index (χ2v) is 5.79. The number of benzene rings is 1. The van der Waals surface area contributed by atoms with Crippen molar-refractivity contribution in [3.8, 4) is 0 Å². The number of rotatable bonds is 5. The van der Waals surface area contributed by atoms with Gasteiger partial charge >= 0.3 is 0 Å². The SMILES string of the molecule is C=C(CNCC)CN1C(=O)C(=O)c2cc(Br)cc(C)c21. The Bertz CT molecular complexity index is 596. The summed E-state index contributed by atoms with van der Waals surface area (Å²) in [6, 6.07) is 3.61. The molecule has 5 heteroatoms. The van der Waals surface area contributed by atoms with Gasteiger partial charge in [0.25, 0.3) is 11.7 Å². The van der Waals surface area contributed by atoms with Crippen molar-refractivity contribution >= 4 is 33.3 Å². The van der Waals surface area contributed by atoms with Crippen molar-refractivity contribution in [1.29, 1.82) is 0 Å². The summed E-state index contributed by atoms with van der Waals surface area (Å²) < 4.78 is 0.809. The lowest BCUT2D eigenvalue weighted by Crippen LogP contribution is -2.33. The number of nitrogens with zero attached hydrogens (tertiary/aromatic N) is 1. The van der Waals surface area contributed by atoms with Gasteiger partial charge in [0.1, 0.15) is 0 Å². The first-order valence-corrected chi connectivity index (χ1v) is 7.28. The van der Waals surface area contributed by atoms with Crippen LogP contribution in [-0.4, -0.2) is 31.3 Å². The standard InChI is InChI=1S/C15H17BrN2O2/c1-4-17-7-9(2)8-18-13-10(3)5-11(16)6-12(13)14(19)15(18)20/h5-6,17H,2,4,7-8H2,1,3H3. The number of amides is 1. The van der Waals surface area contributed by atoms with Crippen LogP contribution in [-0.2, 0) is 4.79 Å². The van der Waals surface area contributed by atoms with Crippen molar-refractivity contribution in [2.45, 2.75) is 13.8 Å². The first-order chi connectivity index (χ1) is 9.45. The molecule has 1 aromatic carbocycles. The van der Waals surface area contributed by atoms with Crippen LogP contribution in [0.5, 0.6) is 0 Å². The summed E-state index contributed by atoms with van der Waals surface area (Å²) in [6.45, 7) is 9.71. The van der Waals surface area contributed by atoms with E-state index < -0.39 is 11.7 Å². The minimum absolute atomic E-state index is 0.368. The van der Waals surface area contributed by atoms with E-state index in [1.807, 2.05) is 19.9 Å². The van der Waals surface area contributed by atoms with Gasteiger partial charge in [-0.25, -0.2) is 0 Å². The zero-order chi connectivity index (χ0) is 14.9. The van der Waals surface area contributed by atoms with Crippen LogP contribution in [0.2, 0.25) is 0 Å². The van der Waals surface area contributed by atoms with Gasteiger partial charge in [-0.2, -0.15) is 0 Å². The quantitative estimate of drug-likeness (QED) is 0.663. The lowest BCUT2D eigenvalue weighted by Gasteiger charge is -2.20. The topological polar surface area (TPSA) is 49.4 Å². The second-order valence-electron chi connectivity index (χ2n) is 4.87. The van der Waals surface area contributed by atoms with Gasteiger partial charge in [-0.1, -0.05) is 29.4 Å². The van der Waals surface area contributed by atoms with Gasteiger partial charge in [0.2, 0.25) is 0 Å². The predicted molar refractivity (Wildman–Crippen MR) is 83.2 cm³/mol. The van der Waals surface area contributed by atoms with Gasteiger partial charge in [-0.3, -0.25) is 9.59 Å². The molecule has 4 nitrogen and oxygen atoms in total. The van der Waals surface area contributed by atoms with E-state index in [4.69, 9.17) is 0 Å². The number of nitrogens with one attached hydrogen (secondary N) is 1. The fraction of sp³-hybridized carbons (Fsp3) is 0.333. The van der Waals surface area contributed by atoms with Gasteiger partial charge in [-0.05, 0) is 36.7 Å². The number of carbonyl (C=O) groups excluding carboxylic acids is 2. The molecule has 1 amide bonds. The number of Topliss-reactive ketones (excluding diaryl/α,β-unsaturated/α-hetero) is 1. The summed E-state index contributed by atoms with van der Waals surface area (Å²) >= 11 is 3.36. The molecule has 1 N–H and O–H groups in total. The van der Waals surface area contributed by atoms with Crippen molar-refractivity contribution in [3.05, 3.63) is 39.9 Å². The van der Waals surface area contributed by atoms with Gasteiger partial charge in [0, 0.05) is 17.6 Å². The van der Waals surface area contributed by atoms with Crippen molar-refractivity contribution < 1.29 is 9.59 Å². The zero-order valence-electron chi connectivity index (χ0n) is 11.6. The Balaban J connectivity index is 2.31. The van der Waals surface area contributed by atoms with E-state index in [0.717, 1.165) is 22.2 Å². The number of hydrogen-bond donors (Lipinski definition) is 1. The molecule has 1 heterocycles. The molecule has 0 aliphatic carbocycles. The Morgan fingerprint density at radius 3 is 2.75 bits per heavy atom. The fourth-order valence-electron chi connectivity index (χ4n) is 2.34. The van der Waals surface area contributed by atoms with Crippen LogP contribution in [0.1, 0.15) is 22.8 Å². The summed E-state index contributed by atoms with van der Waals surface area (Å²) in [7, 11) is 0. The van der Waals surface area contributed by atoms with Crippen LogP contribution < -0.4 is 10.2 Å². The maximum absolute atomic E-state index is 12.1. The monoisotopic (exact) mass is 336 g/mol. The van der Waals surface area contributed by atoms with E-state index in [-0.39, 0.29) is 0 Å². The molecule has 0 saturated carbocycles. The average molecular weight is 337 g/mol. The Kier molecular flexibility index (Phi) is 4.40. The Morgan fingerprint density at radius 1 is 1.40 bits per heavy atom. The Labute approximate surface area is 127 Å². The third-order valence-electron chi connectivity index (χ3n) is 3.23. The Hall–Kier alpha value is -1.46.